The van der Waals surface area contributed by atoms with Gasteiger partial charge in [-0.05, 0) is 72.1 Å². The van der Waals surface area contributed by atoms with E-state index in [1.807, 2.05) is 24.3 Å². The number of carbonyl (C=O) groups is 2. The molecule has 1 N–H and O–H groups in total. The van der Waals surface area contributed by atoms with Crippen molar-refractivity contribution in [1.29, 1.82) is 0 Å². The molecule has 0 saturated carbocycles. The van der Waals surface area contributed by atoms with Crippen molar-refractivity contribution in [2.75, 3.05) is 0 Å². The summed E-state index contributed by atoms with van der Waals surface area (Å²) in [6.07, 6.45) is 3.73. The van der Waals surface area contributed by atoms with Gasteiger partial charge in [-0.15, -0.1) is 0 Å². The molecule has 214 valence electrons. The van der Waals surface area contributed by atoms with Crippen LogP contribution in [-0.2, 0) is 41.6 Å². The van der Waals surface area contributed by atoms with E-state index in [-0.39, 0.29) is 6.54 Å². The number of carboxylic acids is 1. The zero-order valence-corrected chi connectivity index (χ0v) is 23.2. The number of rotatable bonds is 13. The summed E-state index contributed by atoms with van der Waals surface area (Å²) in [5.41, 5.74) is 4.16. The first-order chi connectivity index (χ1) is 19.1. The van der Waals surface area contributed by atoms with E-state index in [4.69, 9.17) is 0 Å². The van der Waals surface area contributed by atoms with Crippen LogP contribution in [0.5, 0.6) is 0 Å². The van der Waals surface area contributed by atoms with E-state index in [0.29, 0.717) is 12.0 Å². The van der Waals surface area contributed by atoms with Crippen molar-refractivity contribution in [2.45, 2.75) is 84.0 Å². The first-order valence-corrected chi connectivity index (χ1v) is 14.0. The second-order valence-electron chi connectivity index (χ2n) is 10.2. The van der Waals surface area contributed by atoms with Crippen LogP contribution in [0.25, 0.3) is 0 Å². The van der Waals surface area contributed by atoms with Crippen molar-refractivity contribution < 1.29 is 27.9 Å². The van der Waals surface area contributed by atoms with Crippen LogP contribution in [0, 0.1) is 0 Å². The SMILES string of the molecule is CCCCCCc1ccc(CCc2ccc(CN(C(=O)C(=O)O)C(CC)c3ccc(C(F)(F)F)cc3)cc2)cc1. The first-order valence-electron chi connectivity index (χ1n) is 14.0. The van der Waals surface area contributed by atoms with Crippen LogP contribution in [0.3, 0.4) is 0 Å². The smallest absolute Gasteiger partial charge is 0.416 e. The normalized spacial score (nSPS) is 12.2. The van der Waals surface area contributed by atoms with Gasteiger partial charge in [-0.3, -0.25) is 4.79 Å². The summed E-state index contributed by atoms with van der Waals surface area (Å²) in [6, 6.07) is 20.3. The van der Waals surface area contributed by atoms with E-state index in [1.165, 1.54) is 53.8 Å². The summed E-state index contributed by atoms with van der Waals surface area (Å²) in [5, 5.41) is 9.44. The molecule has 0 bridgehead atoms. The highest BCUT2D eigenvalue weighted by atomic mass is 19.4. The first kappa shape index (κ1) is 30.9. The number of aliphatic carboxylic acids is 1. The minimum absolute atomic E-state index is 0.0324. The summed E-state index contributed by atoms with van der Waals surface area (Å²) in [7, 11) is 0. The zero-order chi connectivity index (χ0) is 29.1. The monoisotopic (exact) mass is 553 g/mol. The molecule has 3 aromatic carbocycles. The van der Waals surface area contributed by atoms with Crippen LogP contribution >= 0.6 is 0 Å². The van der Waals surface area contributed by atoms with Gasteiger partial charge in [0.05, 0.1) is 11.6 Å². The van der Waals surface area contributed by atoms with E-state index in [9.17, 15) is 27.9 Å². The molecule has 3 rings (SSSR count). The van der Waals surface area contributed by atoms with Gasteiger partial charge in [0.2, 0.25) is 0 Å². The van der Waals surface area contributed by atoms with E-state index in [2.05, 4.69) is 31.2 Å². The molecule has 0 spiro atoms. The number of aryl methyl sites for hydroxylation is 3. The third kappa shape index (κ3) is 8.97. The number of hydrogen-bond acceptors (Lipinski definition) is 2. The van der Waals surface area contributed by atoms with Gasteiger partial charge in [0.25, 0.3) is 0 Å². The lowest BCUT2D eigenvalue weighted by Gasteiger charge is -2.30. The lowest BCUT2D eigenvalue weighted by molar-refractivity contribution is -0.157. The van der Waals surface area contributed by atoms with Crippen LogP contribution in [0.15, 0.2) is 72.8 Å². The van der Waals surface area contributed by atoms with Crippen molar-refractivity contribution in [3.8, 4) is 0 Å². The molecule has 0 aliphatic heterocycles. The molecule has 1 atom stereocenters. The summed E-state index contributed by atoms with van der Waals surface area (Å²) in [4.78, 5) is 25.4. The standard InChI is InChI=1S/C33H38F3NO3/c1-3-5-6-7-8-24-9-11-25(12-10-24)13-14-26-15-17-27(18-16-26)23-37(31(38)32(39)40)30(4-2)28-19-21-29(22-20-28)33(34,35)36/h9-12,15-22,30H,3-8,13-14,23H2,1-2H3,(H,39,40). The zero-order valence-electron chi connectivity index (χ0n) is 23.2. The van der Waals surface area contributed by atoms with E-state index in [0.717, 1.165) is 42.5 Å². The van der Waals surface area contributed by atoms with Crippen LogP contribution in [0.1, 0.15) is 85.4 Å². The fraction of sp³-hybridized carbons (Fsp3) is 0.394. The molecular formula is C33H38F3NO3. The molecule has 0 heterocycles. The molecule has 0 aliphatic carbocycles. The molecule has 40 heavy (non-hydrogen) atoms. The number of carbonyl (C=O) groups excluding carboxylic acids is 1. The Hall–Kier alpha value is -3.61. The van der Waals surface area contributed by atoms with Crippen LogP contribution in [0.4, 0.5) is 13.2 Å². The predicted octanol–water partition coefficient (Wildman–Crippen LogP) is 8.18. The van der Waals surface area contributed by atoms with Gasteiger partial charge in [0.15, 0.2) is 0 Å². The Morgan fingerprint density at radius 3 is 1.68 bits per heavy atom. The number of halogens is 3. The number of carboxylic acid groups (broad SMARTS) is 1. The Labute approximate surface area is 234 Å². The summed E-state index contributed by atoms with van der Waals surface area (Å²) in [5.74, 6) is -2.70. The van der Waals surface area contributed by atoms with Crippen LogP contribution in [0.2, 0.25) is 0 Å². The number of amides is 1. The Balaban J connectivity index is 1.65. The van der Waals surface area contributed by atoms with Crippen molar-refractivity contribution in [3.05, 3.63) is 106 Å². The summed E-state index contributed by atoms with van der Waals surface area (Å²) < 4.78 is 39.0. The maximum Gasteiger partial charge on any atom is 0.416 e. The summed E-state index contributed by atoms with van der Waals surface area (Å²) in [6.45, 7) is 4.02. The Morgan fingerprint density at radius 1 is 0.725 bits per heavy atom. The third-order valence-corrected chi connectivity index (χ3v) is 7.25. The number of hydrogen-bond donors (Lipinski definition) is 1. The third-order valence-electron chi connectivity index (χ3n) is 7.25. The average Bonchev–Trinajstić information content (AvgIpc) is 2.95. The number of alkyl halides is 3. The molecule has 1 unspecified atom stereocenters. The summed E-state index contributed by atoms with van der Waals surface area (Å²) >= 11 is 0. The molecule has 0 radical (unpaired) electrons. The fourth-order valence-corrected chi connectivity index (χ4v) is 4.90. The molecule has 0 fully saturated rings. The molecule has 4 nitrogen and oxygen atoms in total. The lowest BCUT2D eigenvalue weighted by Crippen LogP contribution is -2.38. The van der Waals surface area contributed by atoms with Gasteiger partial charge in [-0.2, -0.15) is 13.2 Å². The second kappa shape index (κ2) is 14.7. The van der Waals surface area contributed by atoms with Gasteiger partial charge in [0.1, 0.15) is 0 Å². The number of benzene rings is 3. The maximum atomic E-state index is 13.0. The Kier molecular flexibility index (Phi) is 11.4. The highest BCUT2D eigenvalue weighted by Crippen LogP contribution is 2.32. The highest BCUT2D eigenvalue weighted by molar-refractivity contribution is 6.31. The fourth-order valence-electron chi connectivity index (χ4n) is 4.90. The highest BCUT2D eigenvalue weighted by Gasteiger charge is 2.32. The molecule has 0 saturated heterocycles. The quantitative estimate of drug-likeness (QED) is 0.172. The van der Waals surface area contributed by atoms with Gasteiger partial charge < -0.3 is 10.0 Å². The second-order valence-corrected chi connectivity index (χ2v) is 10.2. The van der Waals surface area contributed by atoms with Crippen LogP contribution < -0.4 is 0 Å². The molecule has 1 amide bonds. The molecule has 3 aromatic rings. The number of nitrogens with zero attached hydrogens (tertiary/aromatic N) is 1. The minimum atomic E-state index is -4.48. The van der Waals surface area contributed by atoms with Crippen molar-refractivity contribution in [3.63, 3.8) is 0 Å². The Morgan fingerprint density at radius 2 is 1.23 bits per heavy atom. The molecule has 0 aliphatic rings. The molecule has 7 heteroatoms. The lowest BCUT2D eigenvalue weighted by atomic mass is 9.99. The van der Waals surface area contributed by atoms with Crippen LogP contribution in [-0.4, -0.2) is 21.9 Å². The predicted molar refractivity (Wildman–Crippen MR) is 151 cm³/mol. The molecule has 0 aromatic heterocycles. The average molecular weight is 554 g/mol. The van der Waals surface area contributed by atoms with Gasteiger partial charge in [-0.25, -0.2) is 4.79 Å². The van der Waals surface area contributed by atoms with Crippen molar-refractivity contribution >= 4 is 11.9 Å². The van der Waals surface area contributed by atoms with Gasteiger partial charge in [0, 0.05) is 6.54 Å². The van der Waals surface area contributed by atoms with E-state index >= 15 is 0 Å². The van der Waals surface area contributed by atoms with Crippen molar-refractivity contribution in [1.82, 2.24) is 4.90 Å². The maximum absolute atomic E-state index is 13.0. The van der Waals surface area contributed by atoms with E-state index in [1.54, 1.807) is 6.92 Å². The molecular weight excluding hydrogens is 515 g/mol. The van der Waals surface area contributed by atoms with E-state index < -0.39 is 29.7 Å². The van der Waals surface area contributed by atoms with Crippen molar-refractivity contribution in [2.24, 2.45) is 0 Å². The topological polar surface area (TPSA) is 57.6 Å². The van der Waals surface area contributed by atoms with Gasteiger partial charge in [-0.1, -0.05) is 93.8 Å². The Bertz CT molecular complexity index is 1220. The van der Waals surface area contributed by atoms with Gasteiger partial charge >= 0.3 is 18.1 Å². The number of unbranched alkanes of at least 4 members (excludes halogenated alkanes) is 3. The largest absolute Gasteiger partial charge is 0.474 e. The minimum Gasteiger partial charge on any atom is -0.474 e.